The fraction of sp³-hybridized carbons (Fsp3) is 0.211. The van der Waals surface area contributed by atoms with Gasteiger partial charge in [-0.2, -0.15) is 0 Å². The van der Waals surface area contributed by atoms with Crippen LogP contribution in [0, 0.1) is 5.82 Å². The van der Waals surface area contributed by atoms with E-state index in [2.05, 4.69) is 5.32 Å². The van der Waals surface area contributed by atoms with Gasteiger partial charge in [-0.05, 0) is 55.5 Å². The van der Waals surface area contributed by atoms with Crippen LogP contribution in [0.25, 0.3) is 0 Å². The molecule has 27 heavy (non-hydrogen) atoms. The van der Waals surface area contributed by atoms with Crippen LogP contribution in [0.3, 0.4) is 0 Å². The number of amides is 1. The number of hydrogen-bond donors (Lipinski definition) is 1. The first kappa shape index (κ1) is 20.9. The smallest absolute Gasteiger partial charge is 0.316 e. The molecule has 142 valence electrons. The molecule has 0 saturated carbocycles. The summed E-state index contributed by atoms with van der Waals surface area (Å²) in [4.78, 5) is 35.8. The predicted octanol–water partition coefficient (Wildman–Crippen LogP) is 3.97. The van der Waals surface area contributed by atoms with Gasteiger partial charge in [0, 0.05) is 16.3 Å². The number of hydrogen-bond acceptors (Lipinski definition) is 5. The molecule has 0 fully saturated rings. The standard InChI is InChI=1S/C19H17ClFNO4S/c1-12(19(25)13-2-6-15(21)7-3-13)26-18(24)11-27-10-17(23)22-16-8-4-14(20)5-9-16/h2-9,12H,10-11H2,1H3,(H,22,23)/t12-/m1/s1. The third kappa shape index (κ3) is 7.03. The van der Waals surface area contributed by atoms with Gasteiger partial charge >= 0.3 is 5.97 Å². The Morgan fingerprint density at radius 3 is 2.33 bits per heavy atom. The summed E-state index contributed by atoms with van der Waals surface area (Å²) in [5, 5.41) is 3.24. The first-order chi connectivity index (χ1) is 12.8. The highest BCUT2D eigenvalue weighted by Crippen LogP contribution is 2.14. The largest absolute Gasteiger partial charge is 0.454 e. The highest BCUT2D eigenvalue weighted by Gasteiger charge is 2.19. The fourth-order valence-corrected chi connectivity index (χ4v) is 2.81. The number of esters is 1. The van der Waals surface area contributed by atoms with Gasteiger partial charge in [-0.15, -0.1) is 11.8 Å². The van der Waals surface area contributed by atoms with Crippen LogP contribution in [0.1, 0.15) is 17.3 Å². The second-order valence-electron chi connectivity index (χ2n) is 5.55. The summed E-state index contributed by atoms with van der Waals surface area (Å²) in [6.07, 6.45) is -0.994. The number of anilines is 1. The molecule has 2 aromatic rings. The van der Waals surface area contributed by atoms with Crippen molar-refractivity contribution in [2.75, 3.05) is 16.8 Å². The van der Waals surface area contributed by atoms with E-state index in [9.17, 15) is 18.8 Å². The van der Waals surface area contributed by atoms with Gasteiger partial charge in [-0.25, -0.2) is 4.39 Å². The summed E-state index contributed by atoms with van der Waals surface area (Å²) in [5.41, 5.74) is 0.859. The number of thioether (sulfide) groups is 1. The maximum atomic E-state index is 12.9. The van der Waals surface area contributed by atoms with Crippen LogP contribution in [0.5, 0.6) is 0 Å². The zero-order valence-electron chi connectivity index (χ0n) is 14.4. The number of ketones is 1. The van der Waals surface area contributed by atoms with Gasteiger partial charge in [0.25, 0.3) is 0 Å². The van der Waals surface area contributed by atoms with Crippen LogP contribution in [0.15, 0.2) is 48.5 Å². The van der Waals surface area contributed by atoms with Gasteiger partial charge < -0.3 is 10.1 Å². The molecule has 0 radical (unpaired) electrons. The molecule has 0 saturated heterocycles. The van der Waals surface area contributed by atoms with Gasteiger partial charge in [0.15, 0.2) is 6.10 Å². The Balaban J connectivity index is 1.72. The molecule has 8 heteroatoms. The van der Waals surface area contributed by atoms with E-state index in [4.69, 9.17) is 16.3 Å². The predicted molar refractivity (Wildman–Crippen MR) is 104 cm³/mol. The molecule has 2 aromatic carbocycles. The van der Waals surface area contributed by atoms with Gasteiger partial charge in [0.2, 0.25) is 11.7 Å². The minimum Gasteiger partial charge on any atom is -0.454 e. The molecular formula is C19H17ClFNO4S. The number of ether oxygens (including phenoxy) is 1. The Labute approximate surface area is 165 Å². The van der Waals surface area contributed by atoms with E-state index in [1.165, 1.54) is 19.1 Å². The molecule has 5 nitrogen and oxygen atoms in total. The summed E-state index contributed by atoms with van der Waals surface area (Å²) in [6, 6.07) is 11.6. The molecule has 0 spiro atoms. The van der Waals surface area contributed by atoms with Crippen molar-refractivity contribution in [3.05, 3.63) is 64.9 Å². The minimum atomic E-state index is -0.994. The zero-order valence-corrected chi connectivity index (χ0v) is 16.0. The molecule has 0 aliphatic heterocycles. The SMILES string of the molecule is C[C@@H](OC(=O)CSCC(=O)Nc1ccc(Cl)cc1)C(=O)c1ccc(F)cc1. The van der Waals surface area contributed by atoms with Gasteiger partial charge in [-0.3, -0.25) is 14.4 Å². The topological polar surface area (TPSA) is 72.5 Å². The van der Waals surface area contributed by atoms with Crippen LogP contribution in [-0.4, -0.2) is 35.3 Å². The van der Waals surface area contributed by atoms with Crippen LogP contribution in [-0.2, 0) is 14.3 Å². The Morgan fingerprint density at radius 2 is 1.70 bits per heavy atom. The second kappa shape index (κ2) is 10.1. The van der Waals surface area contributed by atoms with E-state index < -0.39 is 23.7 Å². The van der Waals surface area contributed by atoms with Crippen molar-refractivity contribution in [1.82, 2.24) is 0 Å². The third-order valence-corrected chi connectivity index (χ3v) is 4.55. The molecular weight excluding hydrogens is 393 g/mol. The number of carbonyl (C=O) groups is 3. The van der Waals surface area contributed by atoms with Crippen molar-refractivity contribution in [3.8, 4) is 0 Å². The Hall–Kier alpha value is -2.38. The summed E-state index contributed by atoms with van der Waals surface area (Å²) >= 11 is 6.84. The molecule has 0 unspecified atom stereocenters. The highest BCUT2D eigenvalue weighted by molar-refractivity contribution is 8.00. The monoisotopic (exact) mass is 409 g/mol. The third-order valence-electron chi connectivity index (χ3n) is 3.39. The average Bonchev–Trinajstić information content (AvgIpc) is 2.63. The lowest BCUT2D eigenvalue weighted by molar-refractivity contribution is -0.143. The maximum Gasteiger partial charge on any atom is 0.316 e. The van der Waals surface area contributed by atoms with Crippen LogP contribution >= 0.6 is 23.4 Å². The molecule has 1 N–H and O–H groups in total. The van der Waals surface area contributed by atoms with E-state index in [1.54, 1.807) is 24.3 Å². The molecule has 1 amide bonds. The lowest BCUT2D eigenvalue weighted by atomic mass is 10.1. The normalized spacial score (nSPS) is 11.5. The van der Waals surface area contributed by atoms with Gasteiger partial charge in [0.1, 0.15) is 5.82 Å². The molecule has 2 rings (SSSR count). The molecule has 0 aliphatic rings. The molecule has 0 heterocycles. The quantitative estimate of drug-likeness (QED) is 0.527. The lowest BCUT2D eigenvalue weighted by Crippen LogP contribution is -2.25. The van der Waals surface area contributed by atoms with Crippen molar-refractivity contribution in [3.63, 3.8) is 0 Å². The van der Waals surface area contributed by atoms with Crippen molar-refractivity contribution >= 4 is 46.7 Å². The van der Waals surface area contributed by atoms with Crippen molar-refractivity contribution in [2.45, 2.75) is 13.0 Å². The van der Waals surface area contributed by atoms with E-state index in [-0.39, 0.29) is 23.0 Å². The molecule has 0 aliphatic carbocycles. The van der Waals surface area contributed by atoms with Crippen molar-refractivity contribution in [2.24, 2.45) is 0 Å². The number of Topliss-reactive ketones (excluding diaryl/α,β-unsaturated/α-hetero) is 1. The fourth-order valence-electron chi connectivity index (χ4n) is 2.09. The van der Waals surface area contributed by atoms with Crippen LogP contribution < -0.4 is 5.32 Å². The number of nitrogens with one attached hydrogen (secondary N) is 1. The number of carbonyl (C=O) groups excluding carboxylic acids is 3. The summed E-state index contributed by atoms with van der Waals surface area (Å²) in [6.45, 7) is 1.45. The van der Waals surface area contributed by atoms with Crippen molar-refractivity contribution in [1.29, 1.82) is 0 Å². The Kier molecular flexibility index (Phi) is 7.82. The van der Waals surface area contributed by atoms with E-state index in [0.717, 1.165) is 23.9 Å². The van der Waals surface area contributed by atoms with Gasteiger partial charge in [-0.1, -0.05) is 11.6 Å². The number of rotatable bonds is 8. The van der Waals surface area contributed by atoms with E-state index in [0.29, 0.717) is 10.7 Å². The van der Waals surface area contributed by atoms with Gasteiger partial charge in [0.05, 0.1) is 11.5 Å². The summed E-state index contributed by atoms with van der Waals surface area (Å²) in [5.74, 6) is -1.78. The molecule has 0 bridgehead atoms. The lowest BCUT2D eigenvalue weighted by Gasteiger charge is -2.12. The minimum absolute atomic E-state index is 0.0536. The van der Waals surface area contributed by atoms with Crippen LogP contribution in [0.2, 0.25) is 5.02 Å². The summed E-state index contributed by atoms with van der Waals surface area (Å²) < 4.78 is 17.9. The first-order valence-corrected chi connectivity index (χ1v) is 9.51. The molecule has 0 aromatic heterocycles. The van der Waals surface area contributed by atoms with E-state index >= 15 is 0 Å². The van der Waals surface area contributed by atoms with E-state index in [1.807, 2.05) is 0 Å². The molecule has 1 atom stereocenters. The van der Waals surface area contributed by atoms with Crippen molar-refractivity contribution < 1.29 is 23.5 Å². The zero-order chi connectivity index (χ0) is 19.8. The Morgan fingerprint density at radius 1 is 1.07 bits per heavy atom. The highest BCUT2D eigenvalue weighted by atomic mass is 35.5. The van der Waals surface area contributed by atoms with Crippen LogP contribution in [0.4, 0.5) is 10.1 Å². The Bertz CT molecular complexity index is 811. The maximum absolute atomic E-state index is 12.9. The summed E-state index contributed by atoms with van der Waals surface area (Å²) in [7, 11) is 0. The number of halogens is 2. The average molecular weight is 410 g/mol. The first-order valence-electron chi connectivity index (χ1n) is 7.97. The number of benzene rings is 2. The second-order valence-corrected chi connectivity index (χ2v) is 6.97.